The Bertz CT molecular complexity index is 504. The molecule has 0 aliphatic heterocycles. The first-order valence-corrected chi connectivity index (χ1v) is 9.18. The highest BCUT2D eigenvalue weighted by molar-refractivity contribution is 5.87. The highest BCUT2D eigenvalue weighted by Crippen LogP contribution is 2.64. The van der Waals surface area contributed by atoms with Crippen LogP contribution < -0.4 is 0 Å². The summed E-state index contributed by atoms with van der Waals surface area (Å²) in [5.74, 6) is 3.77. The van der Waals surface area contributed by atoms with Gasteiger partial charge < -0.3 is 0 Å². The van der Waals surface area contributed by atoms with Crippen LogP contribution in [0.3, 0.4) is 0 Å². The number of hydrogen-bond acceptors (Lipinski definition) is 1. The third-order valence-electron chi connectivity index (χ3n) is 8.06. The molecular formula is C20H30O. The molecule has 0 aromatic carbocycles. The Hall–Kier alpha value is -0.590. The van der Waals surface area contributed by atoms with E-state index in [1.165, 1.54) is 38.5 Å². The molecule has 0 N–H and O–H groups in total. The molecule has 4 rings (SSSR count). The molecule has 21 heavy (non-hydrogen) atoms. The van der Waals surface area contributed by atoms with E-state index in [0.717, 1.165) is 30.6 Å². The van der Waals surface area contributed by atoms with Gasteiger partial charge in [0.2, 0.25) is 0 Å². The number of ketones is 1. The average Bonchev–Trinajstić information content (AvgIpc) is 2.76. The first-order valence-electron chi connectivity index (χ1n) is 9.18. The van der Waals surface area contributed by atoms with Crippen molar-refractivity contribution in [2.24, 2.45) is 34.5 Å². The quantitative estimate of drug-likeness (QED) is 0.562. The maximum absolute atomic E-state index is 12.4. The Kier molecular flexibility index (Phi) is 2.98. The third-order valence-corrected chi connectivity index (χ3v) is 8.06. The van der Waals surface area contributed by atoms with Crippen LogP contribution in [0.4, 0.5) is 0 Å². The van der Waals surface area contributed by atoms with Crippen molar-refractivity contribution < 1.29 is 4.79 Å². The molecule has 116 valence electrons. The van der Waals surface area contributed by atoms with Crippen LogP contribution in [0.1, 0.15) is 72.1 Å². The first-order chi connectivity index (χ1) is 9.95. The summed E-state index contributed by atoms with van der Waals surface area (Å²) in [4.78, 5) is 12.4. The van der Waals surface area contributed by atoms with E-state index in [1.807, 2.05) is 0 Å². The molecule has 1 heteroatoms. The predicted octanol–water partition coefficient (Wildman–Crippen LogP) is 5.15. The number of carbonyl (C=O) groups excluding carboxylic acids is 1. The maximum Gasteiger partial charge on any atom is 0.139 e. The van der Waals surface area contributed by atoms with E-state index >= 15 is 0 Å². The van der Waals surface area contributed by atoms with Gasteiger partial charge >= 0.3 is 0 Å². The Morgan fingerprint density at radius 3 is 2.57 bits per heavy atom. The number of rotatable bonds is 0. The summed E-state index contributed by atoms with van der Waals surface area (Å²) in [6.45, 7) is 7.26. The minimum absolute atomic E-state index is 0.0326. The maximum atomic E-state index is 12.4. The van der Waals surface area contributed by atoms with E-state index in [9.17, 15) is 4.79 Å². The molecule has 3 saturated carbocycles. The van der Waals surface area contributed by atoms with Gasteiger partial charge in [0.15, 0.2) is 0 Å². The fourth-order valence-electron chi connectivity index (χ4n) is 6.61. The van der Waals surface area contributed by atoms with Gasteiger partial charge in [0.05, 0.1) is 0 Å². The van der Waals surface area contributed by atoms with Gasteiger partial charge in [0.1, 0.15) is 5.78 Å². The third kappa shape index (κ3) is 1.79. The molecule has 4 aliphatic rings. The van der Waals surface area contributed by atoms with E-state index < -0.39 is 0 Å². The van der Waals surface area contributed by atoms with Gasteiger partial charge in [-0.1, -0.05) is 32.4 Å². The number of hydrogen-bond donors (Lipinski definition) is 0. The lowest BCUT2D eigenvalue weighted by atomic mass is 9.47. The molecule has 0 spiro atoms. The molecule has 4 aliphatic carbocycles. The molecule has 0 aromatic rings. The fourth-order valence-corrected chi connectivity index (χ4v) is 6.61. The fraction of sp³-hybridized carbons (Fsp3) is 0.850. The second-order valence-corrected chi connectivity index (χ2v) is 9.03. The number of carbonyl (C=O) groups is 1. The zero-order valence-corrected chi connectivity index (χ0v) is 14.0. The summed E-state index contributed by atoms with van der Waals surface area (Å²) in [7, 11) is 0. The zero-order valence-electron chi connectivity index (χ0n) is 14.0. The van der Waals surface area contributed by atoms with Crippen molar-refractivity contribution in [1.82, 2.24) is 0 Å². The molecule has 0 heterocycles. The summed E-state index contributed by atoms with van der Waals surface area (Å²) >= 11 is 0. The minimum atomic E-state index is 0.0326. The number of fused-ring (bicyclic) bond motifs is 5. The molecule has 0 saturated heterocycles. The average molecular weight is 286 g/mol. The predicted molar refractivity (Wildman–Crippen MR) is 85.9 cm³/mol. The van der Waals surface area contributed by atoms with E-state index in [2.05, 4.69) is 26.8 Å². The van der Waals surface area contributed by atoms with E-state index in [4.69, 9.17) is 0 Å². The minimum Gasteiger partial charge on any atom is -0.299 e. The lowest BCUT2D eigenvalue weighted by Crippen LogP contribution is -2.50. The van der Waals surface area contributed by atoms with Crippen LogP contribution in [-0.4, -0.2) is 5.78 Å². The summed E-state index contributed by atoms with van der Waals surface area (Å²) in [5, 5.41) is 0. The van der Waals surface area contributed by atoms with Crippen LogP contribution in [0, 0.1) is 34.5 Å². The van der Waals surface area contributed by atoms with Crippen LogP contribution in [0.5, 0.6) is 0 Å². The molecule has 0 aromatic heterocycles. The summed E-state index contributed by atoms with van der Waals surface area (Å²) in [6, 6.07) is 0. The monoisotopic (exact) mass is 286 g/mol. The topological polar surface area (TPSA) is 17.1 Å². The van der Waals surface area contributed by atoms with Gasteiger partial charge in [-0.3, -0.25) is 4.79 Å². The van der Waals surface area contributed by atoms with Gasteiger partial charge in [0.25, 0.3) is 0 Å². The van der Waals surface area contributed by atoms with Gasteiger partial charge in [-0.15, -0.1) is 0 Å². The van der Waals surface area contributed by atoms with Gasteiger partial charge in [-0.25, -0.2) is 0 Å². The highest BCUT2D eigenvalue weighted by Gasteiger charge is 2.58. The first kappa shape index (κ1) is 14.0. The van der Waals surface area contributed by atoms with Crippen LogP contribution in [0.2, 0.25) is 0 Å². The van der Waals surface area contributed by atoms with Crippen LogP contribution >= 0.6 is 0 Å². The standard InChI is InChI=1S/C20H30O/c1-13-8-10-19(2)14(12-13)4-5-15-16-6-7-18(21)20(16,3)11-9-17(15)19/h4,13,15-17H,5-12H2,1-3H3/t13?,15-,16-,17?,19-,20-/m0/s1. The van der Waals surface area contributed by atoms with Crippen molar-refractivity contribution in [1.29, 1.82) is 0 Å². The Morgan fingerprint density at radius 2 is 1.76 bits per heavy atom. The van der Waals surface area contributed by atoms with E-state index in [0.29, 0.717) is 17.1 Å². The number of Topliss-reactive ketones (excluding diaryl/α,β-unsaturated/α-hetero) is 1. The smallest absolute Gasteiger partial charge is 0.139 e. The van der Waals surface area contributed by atoms with Crippen molar-refractivity contribution >= 4 is 5.78 Å². The second kappa shape index (κ2) is 4.46. The molecule has 0 bridgehead atoms. The van der Waals surface area contributed by atoms with E-state index in [-0.39, 0.29) is 5.41 Å². The van der Waals surface area contributed by atoms with Crippen molar-refractivity contribution in [3.05, 3.63) is 11.6 Å². The molecule has 0 amide bonds. The SMILES string of the molecule is CC1CC[C@@]2(C)C(=CC[C@@H]3C2CC[C@]2(C)C(=O)CC[C@@H]32)C1. The summed E-state index contributed by atoms with van der Waals surface area (Å²) in [6.07, 6.45) is 12.5. The lowest BCUT2D eigenvalue weighted by molar-refractivity contribution is -0.131. The molecule has 6 atom stereocenters. The van der Waals surface area contributed by atoms with Gasteiger partial charge in [-0.2, -0.15) is 0 Å². The van der Waals surface area contributed by atoms with Crippen molar-refractivity contribution in [2.45, 2.75) is 72.1 Å². The Balaban J connectivity index is 1.69. The van der Waals surface area contributed by atoms with Gasteiger partial charge in [0, 0.05) is 11.8 Å². The molecule has 2 unspecified atom stereocenters. The second-order valence-electron chi connectivity index (χ2n) is 9.03. The van der Waals surface area contributed by atoms with Crippen LogP contribution in [0.15, 0.2) is 11.6 Å². The van der Waals surface area contributed by atoms with E-state index in [1.54, 1.807) is 5.57 Å². The van der Waals surface area contributed by atoms with Crippen LogP contribution in [-0.2, 0) is 4.79 Å². The zero-order chi connectivity index (χ0) is 14.8. The normalized spacial score (nSPS) is 52.7. The molecule has 3 fully saturated rings. The van der Waals surface area contributed by atoms with Crippen molar-refractivity contribution in [3.8, 4) is 0 Å². The lowest BCUT2D eigenvalue weighted by Gasteiger charge is -2.57. The highest BCUT2D eigenvalue weighted by atomic mass is 16.1. The Morgan fingerprint density at radius 1 is 1.05 bits per heavy atom. The Labute approximate surface area is 129 Å². The largest absolute Gasteiger partial charge is 0.299 e. The molecule has 1 nitrogen and oxygen atoms in total. The van der Waals surface area contributed by atoms with Crippen molar-refractivity contribution in [3.63, 3.8) is 0 Å². The van der Waals surface area contributed by atoms with Crippen molar-refractivity contribution in [2.75, 3.05) is 0 Å². The summed E-state index contributed by atoms with van der Waals surface area (Å²) in [5.41, 5.74) is 2.27. The molecular weight excluding hydrogens is 256 g/mol. The molecule has 0 radical (unpaired) electrons. The van der Waals surface area contributed by atoms with Crippen LogP contribution in [0.25, 0.3) is 0 Å². The summed E-state index contributed by atoms with van der Waals surface area (Å²) < 4.78 is 0. The number of allylic oxidation sites excluding steroid dienone is 2. The van der Waals surface area contributed by atoms with Gasteiger partial charge in [-0.05, 0) is 74.0 Å².